The molecule has 0 saturated carbocycles. The van der Waals surface area contributed by atoms with Crippen LogP contribution in [0, 0.1) is 5.92 Å². The number of halogens is 1. The van der Waals surface area contributed by atoms with E-state index in [1.54, 1.807) is 6.07 Å². The third-order valence-electron chi connectivity index (χ3n) is 4.24. The molecule has 2 aliphatic heterocycles. The van der Waals surface area contributed by atoms with E-state index in [4.69, 9.17) is 16.3 Å². The van der Waals surface area contributed by atoms with Gasteiger partial charge in [0.05, 0.1) is 0 Å². The molecule has 5 heteroatoms. The average molecular weight is 309 g/mol. The van der Waals surface area contributed by atoms with E-state index in [9.17, 15) is 4.79 Å². The van der Waals surface area contributed by atoms with Crippen LogP contribution in [-0.2, 0) is 11.2 Å². The van der Waals surface area contributed by atoms with Gasteiger partial charge in [-0.3, -0.25) is 4.79 Å². The topological polar surface area (TPSA) is 50.4 Å². The van der Waals surface area contributed by atoms with Gasteiger partial charge in [-0.15, -0.1) is 0 Å². The summed E-state index contributed by atoms with van der Waals surface area (Å²) >= 11 is 5.96. The van der Waals surface area contributed by atoms with Crippen molar-refractivity contribution in [3.63, 3.8) is 0 Å². The minimum absolute atomic E-state index is 0.0221. The first-order valence-electron chi connectivity index (χ1n) is 7.66. The van der Waals surface area contributed by atoms with E-state index in [2.05, 4.69) is 10.6 Å². The molecule has 114 valence electrons. The van der Waals surface area contributed by atoms with E-state index < -0.39 is 6.10 Å². The lowest BCUT2D eigenvalue weighted by Crippen LogP contribution is -2.39. The van der Waals surface area contributed by atoms with Gasteiger partial charge in [-0.25, -0.2) is 0 Å². The predicted octanol–water partition coefficient (Wildman–Crippen LogP) is 2.15. The third kappa shape index (κ3) is 3.69. The highest BCUT2D eigenvalue weighted by molar-refractivity contribution is 6.30. The number of fused-ring (bicyclic) bond motifs is 1. The number of hydrogen-bond donors (Lipinski definition) is 2. The Bertz CT molecular complexity index is 515. The molecule has 2 unspecified atom stereocenters. The van der Waals surface area contributed by atoms with Gasteiger partial charge in [-0.1, -0.05) is 11.6 Å². The van der Waals surface area contributed by atoms with Gasteiger partial charge in [-0.05, 0) is 62.0 Å². The van der Waals surface area contributed by atoms with Gasteiger partial charge in [-0.2, -0.15) is 0 Å². The second-order valence-corrected chi connectivity index (χ2v) is 6.29. The monoisotopic (exact) mass is 308 g/mol. The number of hydrogen-bond acceptors (Lipinski definition) is 3. The Morgan fingerprint density at radius 1 is 1.48 bits per heavy atom. The molecule has 21 heavy (non-hydrogen) atoms. The standard InChI is InChI=1S/C16H21ClN2O2/c17-13-3-4-14-12(8-13)9-15(21-14)16(20)19-7-5-11-2-1-6-18-10-11/h3-4,8,11,15,18H,1-2,5-7,9-10H2,(H,19,20). The summed E-state index contributed by atoms with van der Waals surface area (Å²) in [5.74, 6) is 1.43. The maximum absolute atomic E-state index is 12.2. The van der Waals surface area contributed by atoms with Crippen molar-refractivity contribution in [1.82, 2.24) is 10.6 Å². The molecule has 1 aromatic carbocycles. The number of amides is 1. The number of carbonyl (C=O) groups excluding carboxylic acids is 1. The Morgan fingerprint density at radius 2 is 2.38 bits per heavy atom. The maximum Gasteiger partial charge on any atom is 0.261 e. The Labute approximate surface area is 130 Å². The van der Waals surface area contributed by atoms with Gasteiger partial charge in [0.1, 0.15) is 5.75 Å². The van der Waals surface area contributed by atoms with Crippen molar-refractivity contribution in [2.45, 2.75) is 31.8 Å². The highest BCUT2D eigenvalue weighted by Crippen LogP contribution is 2.31. The molecule has 2 N–H and O–H groups in total. The largest absolute Gasteiger partial charge is 0.480 e. The molecule has 0 radical (unpaired) electrons. The Kier molecular flexibility index (Phi) is 4.66. The van der Waals surface area contributed by atoms with Crippen molar-refractivity contribution >= 4 is 17.5 Å². The molecule has 0 spiro atoms. The van der Waals surface area contributed by atoms with E-state index in [1.165, 1.54) is 12.8 Å². The average Bonchev–Trinajstić information content (AvgIpc) is 2.91. The van der Waals surface area contributed by atoms with E-state index in [-0.39, 0.29) is 5.91 Å². The van der Waals surface area contributed by atoms with Crippen LogP contribution in [0.4, 0.5) is 0 Å². The zero-order valence-corrected chi connectivity index (χ0v) is 12.8. The fourth-order valence-corrected chi connectivity index (χ4v) is 3.24. The quantitative estimate of drug-likeness (QED) is 0.896. The van der Waals surface area contributed by atoms with Crippen LogP contribution in [0.5, 0.6) is 5.75 Å². The van der Waals surface area contributed by atoms with Gasteiger partial charge in [0, 0.05) is 18.0 Å². The molecule has 2 atom stereocenters. The van der Waals surface area contributed by atoms with Crippen molar-refractivity contribution in [2.24, 2.45) is 5.92 Å². The molecule has 1 amide bonds. The summed E-state index contributed by atoms with van der Waals surface area (Å²) in [7, 11) is 0. The number of piperidine rings is 1. The first kappa shape index (κ1) is 14.7. The fraction of sp³-hybridized carbons (Fsp3) is 0.562. The van der Waals surface area contributed by atoms with Gasteiger partial charge in [0.15, 0.2) is 6.10 Å². The summed E-state index contributed by atoms with van der Waals surface area (Å²) in [6, 6.07) is 5.49. The number of benzene rings is 1. The van der Waals surface area contributed by atoms with E-state index in [0.717, 1.165) is 37.4 Å². The Morgan fingerprint density at radius 3 is 3.19 bits per heavy atom. The molecule has 1 fully saturated rings. The smallest absolute Gasteiger partial charge is 0.261 e. The van der Waals surface area contributed by atoms with Crippen LogP contribution in [-0.4, -0.2) is 31.6 Å². The van der Waals surface area contributed by atoms with E-state index in [1.807, 2.05) is 12.1 Å². The highest BCUT2D eigenvalue weighted by Gasteiger charge is 2.29. The zero-order valence-electron chi connectivity index (χ0n) is 12.0. The second kappa shape index (κ2) is 6.67. The van der Waals surface area contributed by atoms with Crippen LogP contribution in [0.3, 0.4) is 0 Å². The summed E-state index contributed by atoms with van der Waals surface area (Å²) in [5, 5.41) is 7.08. The zero-order chi connectivity index (χ0) is 14.7. The Balaban J connectivity index is 1.44. The summed E-state index contributed by atoms with van der Waals surface area (Å²) in [5.41, 5.74) is 1.01. The molecule has 0 aromatic heterocycles. The van der Waals surface area contributed by atoms with Gasteiger partial charge < -0.3 is 15.4 Å². The molecule has 3 rings (SSSR count). The lowest BCUT2D eigenvalue weighted by molar-refractivity contribution is -0.127. The summed E-state index contributed by atoms with van der Waals surface area (Å²) in [4.78, 5) is 12.2. The van der Waals surface area contributed by atoms with Crippen molar-refractivity contribution < 1.29 is 9.53 Å². The number of nitrogens with one attached hydrogen (secondary N) is 2. The maximum atomic E-state index is 12.2. The third-order valence-corrected chi connectivity index (χ3v) is 4.48. The number of ether oxygens (including phenoxy) is 1. The molecule has 0 bridgehead atoms. The van der Waals surface area contributed by atoms with Crippen molar-refractivity contribution in [3.05, 3.63) is 28.8 Å². The molecule has 2 heterocycles. The lowest BCUT2D eigenvalue weighted by atomic mass is 9.96. The summed E-state index contributed by atoms with van der Waals surface area (Å²) in [6.07, 6.45) is 3.72. The lowest BCUT2D eigenvalue weighted by Gasteiger charge is -2.22. The van der Waals surface area contributed by atoms with Crippen LogP contribution in [0.25, 0.3) is 0 Å². The van der Waals surface area contributed by atoms with Crippen LogP contribution in [0.2, 0.25) is 5.02 Å². The highest BCUT2D eigenvalue weighted by atomic mass is 35.5. The number of rotatable bonds is 4. The normalized spacial score (nSPS) is 24.2. The molecule has 2 aliphatic rings. The van der Waals surface area contributed by atoms with Crippen LogP contribution >= 0.6 is 11.6 Å². The molecule has 0 aliphatic carbocycles. The van der Waals surface area contributed by atoms with Crippen molar-refractivity contribution in [1.29, 1.82) is 0 Å². The SMILES string of the molecule is O=C(NCCC1CCCNC1)C1Cc2cc(Cl)ccc2O1. The first-order chi connectivity index (χ1) is 10.2. The van der Waals surface area contributed by atoms with Crippen LogP contribution in [0.15, 0.2) is 18.2 Å². The number of carbonyl (C=O) groups is 1. The van der Waals surface area contributed by atoms with Gasteiger partial charge in [0.2, 0.25) is 0 Å². The molecular weight excluding hydrogens is 288 g/mol. The molecular formula is C16H21ClN2O2. The van der Waals surface area contributed by atoms with Crippen LogP contribution < -0.4 is 15.4 Å². The second-order valence-electron chi connectivity index (χ2n) is 5.85. The van der Waals surface area contributed by atoms with E-state index in [0.29, 0.717) is 17.4 Å². The van der Waals surface area contributed by atoms with E-state index >= 15 is 0 Å². The van der Waals surface area contributed by atoms with Gasteiger partial charge in [0.25, 0.3) is 5.91 Å². The molecule has 1 aromatic rings. The minimum Gasteiger partial charge on any atom is -0.480 e. The molecule has 1 saturated heterocycles. The van der Waals surface area contributed by atoms with Crippen molar-refractivity contribution in [3.8, 4) is 5.75 Å². The minimum atomic E-state index is -0.414. The predicted molar refractivity (Wildman–Crippen MR) is 82.8 cm³/mol. The van der Waals surface area contributed by atoms with Crippen LogP contribution in [0.1, 0.15) is 24.8 Å². The molecule has 4 nitrogen and oxygen atoms in total. The Hall–Kier alpha value is -1.26. The first-order valence-corrected chi connectivity index (χ1v) is 8.03. The van der Waals surface area contributed by atoms with Crippen molar-refractivity contribution in [2.75, 3.05) is 19.6 Å². The summed E-state index contributed by atoms with van der Waals surface area (Å²) in [6.45, 7) is 2.92. The summed E-state index contributed by atoms with van der Waals surface area (Å²) < 4.78 is 5.68. The van der Waals surface area contributed by atoms with Gasteiger partial charge >= 0.3 is 0 Å². The fourth-order valence-electron chi connectivity index (χ4n) is 3.05.